The van der Waals surface area contributed by atoms with Crippen LogP contribution in [0.1, 0.15) is 67.8 Å². The van der Waals surface area contributed by atoms with Gasteiger partial charge in [0.2, 0.25) is 5.91 Å². The van der Waals surface area contributed by atoms with Gasteiger partial charge in [0.05, 0.1) is 11.4 Å². The van der Waals surface area contributed by atoms with Gasteiger partial charge in [-0.15, -0.1) is 0 Å². The molecular weight excluding hydrogens is 386 g/mol. The summed E-state index contributed by atoms with van der Waals surface area (Å²) >= 11 is 0. The molecule has 0 aliphatic heterocycles. The zero-order valence-electron chi connectivity index (χ0n) is 19.4. The average molecular weight is 418 g/mol. The number of nitrogens with zero attached hydrogens (tertiary/aromatic N) is 2. The number of carbonyl (C=O) groups excluding carboxylic acids is 2. The lowest BCUT2D eigenvalue weighted by molar-refractivity contribution is -0.123. The summed E-state index contributed by atoms with van der Waals surface area (Å²) in [7, 11) is 0. The average Bonchev–Trinajstić information content (AvgIpc) is 3.17. The van der Waals surface area contributed by atoms with E-state index < -0.39 is 5.41 Å². The Morgan fingerprint density at radius 1 is 1.06 bits per heavy atom. The highest BCUT2D eigenvalue weighted by molar-refractivity contribution is 6.11. The second-order valence-electron chi connectivity index (χ2n) is 10.3. The number of Topliss-reactive ketones (excluding diaryl/α,β-unsaturated/α-hetero) is 1. The van der Waals surface area contributed by atoms with Gasteiger partial charge in [-0.3, -0.25) is 9.59 Å². The van der Waals surface area contributed by atoms with Crippen molar-refractivity contribution in [3.63, 3.8) is 0 Å². The summed E-state index contributed by atoms with van der Waals surface area (Å²) in [5.74, 6) is -0.0573. The minimum Gasteiger partial charge on any atom is -0.322 e. The molecular formula is C26H31N3O2. The zero-order valence-corrected chi connectivity index (χ0v) is 19.4. The number of hydrogen-bond acceptors (Lipinski definition) is 3. The van der Waals surface area contributed by atoms with Crippen LogP contribution in [0.5, 0.6) is 0 Å². The van der Waals surface area contributed by atoms with Gasteiger partial charge in [0.25, 0.3) is 0 Å². The van der Waals surface area contributed by atoms with Crippen LogP contribution in [-0.4, -0.2) is 21.1 Å². The number of carbonyl (C=O) groups is 2. The molecule has 1 aromatic carbocycles. The SMILES string of the molecule is Cc1nc2c(NC(=O)C(C)(C)C)c(C(=O)[C@H]3[C@@H](c4ccccc4)C3(C)C)ccn2c1C. The van der Waals surface area contributed by atoms with Gasteiger partial charge >= 0.3 is 0 Å². The summed E-state index contributed by atoms with van der Waals surface area (Å²) in [4.78, 5) is 31.4. The monoisotopic (exact) mass is 417 g/mol. The third-order valence-electron chi connectivity index (χ3n) is 6.72. The summed E-state index contributed by atoms with van der Waals surface area (Å²) in [6.45, 7) is 13.8. The molecule has 0 unspecified atom stereocenters. The Hall–Kier alpha value is -2.95. The summed E-state index contributed by atoms with van der Waals surface area (Å²) in [5.41, 5.74) is 3.99. The van der Waals surface area contributed by atoms with E-state index in [1.165, 1.54) is 5.56 Å². The van der Waals surface area contributed by atoms with Crippen molar-refractivity contribution in [3.05, 3.63) is 65.1 Å². The molecule has 5 nitrogen and oxygen atoms in total. The molecule has 1 aliphatic carbocycles. The number of benzene rings is 1. The first-order valence-electron chi connectivity index (χ1n) is 10.8. The molecule has 3 aromatic rings. The normalized spacial score (nSPS) is 20.0. The fraction of sp³-hybridized carbons (Fsp3) is 0.423. The quantitative estimate of drug-likeness (QED) is 0.566. The van der Waals surface area contributed by atoms with E-state index >= 15 is 0 Å². The summed E-state index contributed by atoms with van der Waals surface area (Å²) < 4.78 is 1.94. The first kappa shape index (κ1) is 21.3. The molecule has 1 aliphatic rings. The summed E-state index contributed by atoms with van der Waals surface area (Å²) in [6.07, 6.45) is 1.89. The third-order valence-corrected chi connectivity index (χ3v) is 6.72. The fourth-order valence-electron chi connectivity index (χ4n) is 4.55. The third kappa shape index (κ3) is 3.46. The lowest BCUT2D eigenvalue weighted by atomic mass is 9.95. The van der Waals surface area contributed by atoms with Gasteiger partial charge in [0.1, 0.15) is 0 Å². The molecule has 1 amide bonds. The van der Waals surface area contributed by atoms with E-state index in [4.69, 9.17) is 0 Å². The zero-order chi connectivity index (χ0) is 22.7. The molecule has 0 bridgehead atoms. The van der Waals surface area contributed by atoms with Gasteiger partial charge in [0, 0.05) is 34.7 Å². The number of nitrogens with one attached hydrogen (secondary N) is 1. The number of fused-ring (bicyclic) bond motifs is 1. The van der Waals surface area contributed by atoms with Crippen LogP contribution >= 0.6 is 0 Å². The van der Waals surface area contributed by atoms with Crippen LogP contribution in [0.3, 0.4) is 0 Å². The van der Waals surface area contributed by atoms with Gasteiger partial charge < -0.3 is 9.72 Å². The Morgan fingerprint density at radius 2 is 1.71 bits per heavy atom. The van der Waals surface area contributed by atoms with Crippen LogP contribution in [0.2, 0.25) is 0 Å². The molecule has 2 heterocycles. The van der Waals surface area contributed by atoms with E-state index in [2.05, 4.69) is 36.3 Å². The van der Waals surface area contributed by atoms with Crippen LogP contribution < -0.4 is 5.32 Å². The van der Waals surface area contributed by atoms with Crippen molar-refractivity contribution in [2.24, 2.45) is 16.7 Å². The molecule has 4 rings (SSSR count). The van der Waals surface area contributed by atoms with Gasteiger partial charge in [-0.2, -0.15) is 0 Å². The number of anilines is 1. The number of pyridine rings is 1. The summed E-state index contributed by atoms with van der Waals surface area (Å²) in [5, 5.41) is 3.04. The Kier molecular flexibility index (Phi) is 4.84. The number of imidazole rings is 1. The molecule has 162 valence electrons. The molecule has 5 heteroatoms. The lowest BCUT2D eigenvalue weighted by Crippen LogP contribution is -2.29. The Labute approximate surface area is 183 Å². The van der Waals surface area contributed by atoms with Crippen molar-refractivity contribution in [1.29, 1.82) is 0 Å². The molecule has 2 aromatic heterocycles. The van der Waals surface area contributed by atoms with Crippen LogP contribution in [0.4, 0.5) is 5.69 Å². The topological polar surface area (TPSA) is 63.5 Å². The Balaban J connectivity index is 1.81. The highest BCUT2D eigenvalue weighted by atomic mass is 16.2. The van der Waals surface area contributed by atoms with E-state index in [1.54, 1.807) is 0 Å². The van der Waals surface area contributed by atoms with Crippen LogP contribution in [0, 0.1) is 30.6 Å². The number of aryl methyl sites for hydroxylation is 2. The molecule has 31 heavy (non-hydrogen) atoms. The minimum absolute atomic E-state index is 0.0591. The van der Waals surface area contributed by atoms with Crippen molar-refractivity contribution in [1.82, 2.24) is 9.38 Å². The number of hydrogen-bond donors (Lipinski definition) is 1. The van der Waals surface area contributed by atoms with E-state index in [0.29, 0.717) is 16.9 Å². The molecule has 0 saturated heterocycles. The lowest BCUT2D eigenvalue weighted by Gasteiger charge is -2.20. The van der Waals surface area contributed by atoms with Crippen molar-refractivity contribution in [3.8, 4) is 0 Å². The van der Waals surface area contributed by atoms with Gasteiger partial charge in [-0.05, 0) is 30.9 Å². The maximum absolute atomic E-state index is 13.8. The molecule has 2 atom stereocenters. The fourth-order valence-corrected chi connectivity index (χ4v) is 4.55. The van der Waals surface area contributed by atoms with Crippen molar-refractivity contribution < 1.29 is 9.59 Å². The van der Waals surface area contributed by atoms with E-state index in [9.17, 15) is 9.59 Å². The maximum Gasteiger partial charge on any atom is 0.229 e. The first-order chi connectivity index (χ1) is 14.4. The number of aromatic nitrogens is 2. The number of rotatable bonds is 4. The second-order valence-corrected chi connectivity index (χ2v) is 10.3. The standard InChI is InChI=1S/C26H31N3O2/c1-15-16(2)29-14-13-18(21(23(29)27-15)28-24(31)25(3,4)5)22(30)20-19(26(20,6)7)17-11-9-8-10-12-17/h8-14,19-20H,1-7H3,(H,28,31)/t19-,20-/m1/s1. The predicted molar refractivity (Wildman–Crippen MR) is 124 cm³/mol. The molecule has 1 N–H and O–H groups in total. The smallest absolute Gasteiger partial charge is 0.229 e. The van der Waals surface area contributed by atoms with Gasteiger partial charge in [0.15, 0.2) is 11.4 Å². The minimum atomic E-state index is -0.588. The highest BCUT2D eigenvalue weighted by Gasteiger charge is 2.62. The van der Waals surface area contributed by atoms with Crippen molar-refractivity contribution in [2.45, 2.75) is 54.4 Å². The van der Waals surface area contributed by atoms with Crippen LogP contribution in [0.25, 0.3) is 5.65 Å². The van der Waals surface area contributed by atoms with Crippen LogP contribution in [-0.2, 0) is 4.79 Å². The van der Waals surface area contributed by atoms with Gasteiger partial charge in [-0.25, -0.2) is 4.98 Å². The molecule has 0 radical (unpaired) electrons. The highest BCUT2D eigenvalue weighted by Crippen LogP contribution is 2.65. The maximum atomic E-state index is 13.8. The predicted octanol–water partition coefficient (Wildman–Crippen LogP) is 5.56. The first-order valence-corrected chi connectivity index (χ1v) is 10.8. The van der Waals surface area contributed by atoms with Gasteiger partial charge in [-0.1, -0.05) is 65.0 Å². The van der Waals surface area contributed by atoms with Crippen LogP contribution in [0.15, 0.2) is 42.6 Å². The largest absolute Gasteiger partial charge is 0.322 e. The number of ketones is 1. The Morgan fingerprint density at radius 3 is 2.32 bits per heavy atom. The Bertz CT molecular complexity index is 1180. The molecule has 1 saturated carbocycles. The summed E-state index contributed by atoms with van der Waals surface area (Å²) in [6, 6.07) is 12.0. The van der Waals surface area contributed by atoms with Crippen molar-refractivity contribution in [2.75, 3.05) is 5.32 Å². The number of amides is 1. The van der Waals surface area contributed by atoms with Crippen molar-refractivity contribution >= 4 is 23.0 Å². The second kappa shape index (κ2) is 7.04. The van der Waals surface area contributed by atoms with E-state index in [0.717, 1.165) is 11.4 Å². The molecule has 1 fully saturated rings. The van der Waals surface area contributed by atoms with E-state index in [1.807, 2.05) is 69.5 Å². The van der Waals surface area contributed by atoms with E-state index in [-0.39, 0.29) is 28.9 Å². The molecule has 0 spiro atoms.